The maximum atomic E-state index is 9.74. The molecule has 2 saturated carbocycles. The van der Waals surface area contributed by atoms with Crippen LogP contribution >= 0.6 is 0 Å². The zero-order valence-corrected chi connectivity index (χ0v) is 11.3. The average molecular weight is 238 g/mol. The van der Waals surface area contributed by atoms with Crippen LogP contribution in [0.2, 0.25) is 0 Å². The van der Waals surface area contributed by atoms with Crippen LogP contribution < -0.4 is 0 Å². The van der Waals surface area contributed by atoms with Gasteiger partial charge < -0.3 is 10.2 Å². The molecule has 17 heavy (non-hydrogen) atoms. The van der Waals surface area contributed by atoms with Gasteiger partial charge in [-0.25, -0.2) is 0 Å². The molecule has 0 amide bonds. The van der Waals surface area contributed by atoms with Crippen molar-refractivity contribution in [2.75, 3.05) is 13.2 Å². The Labute approximate surface area is 105 Å². The molecule has 0 aromatic heterocycles. The molecule has 2 fully saturated rings. The van der Waals surface area contributed by atoms with Gasteiger partial charge >= 0.3 is 0 Å². The summed E-state index contributed by atoms with van der Waals surface area (Å²) in [6.07, 6.45) is 2.33. The average Bonchev–Trinajstić information content (AvgIpc) is 2.41. The van der Waals surface area contributed by atoms with E-state index in [9.17, 15) is 10.2 Å². The summed E-state index contributed by atoms with van der Waals surface area (Å²) >= 11 is 0. The smallest absolute Gasteiger partial charge is 0.0499 e. The standard InChI is InChI=1S/C15H26O2/c1-9(2)11-5-6-15(4)10(3)12(7-16)14(11)13(15)8-17/h9,11-14,16-17H,3,5-8H2,1-2,4H3/t11-,12+,13-,14+,15+/m1/s1. The van der Waals surface area contributed by atoms with E-state index in [-0.39, 0.29) is 24.5 Å². The molecule has 0 aliphatic heterocycles. The van der Waals surface area contributed by atoms with Gasteiger partial charge in [-0.2, -0.15) is 0 Å². The molecule has 2 N–H and O–H groups in total. The van der Waals surface area contributed by atoms with E-state index in [2.05, 4.69) is 27.4 Å². The van der Waals surface area contributed by atoms with E-state index in [1.165, 1.54) is 12.0 Å². The molecular weight excluding hydrogens is 212 g/mol. The Balaban J connectivity index is 2.39. The van der Waals surface area contributed by atoms with Gasteiger partial charge in [-0.05, 0) is 41.9 Å². The van der Waals surface area contributed by atoms with Crippen molar-refractivity contribution in [1.29, 1.82) is 0 Å². The molecular formula is C15H26O2. The van der Waals surface area contributed by atoms with E-state index in [0.717, 1.165) is 6.42 Å². The third kappa shape index (κ3) is 1.68. The molecule has 2 nitrogen and oxygen atoms in total. The number of aliphatic hydroxyl groups is 2. The van der Waals surface area contributed by atoms with Gasteiger partial charge in [0.15, 0.2) is 0 Å². The summed E-state index contributed by atoms with van der Waals surface area (Å²) in [6.45, 7) is 11.4. The van der Waals surface area contributed by atoms with Crippen LogP contribution in [0.15, 0.2) is 12.2 Å². The molecule has 0 aromatic carbocycles. The van der Waals surface area contributed by atoms with Crippen LogP contribution in [0.1, 0.15) is 33.6 Å². The van der Waals surface area contributed by atoms with Crippen LogP contribution in [0.3, 0.4) is 0 Å². The largest absolute Gasteiger partial charge is 0.396 e. The van der Waals surface area contributed by atoms with Crippen molar-refractivity contribution in [3.8, 4) is 0 Å². The fourth-order valence-electron chi connectivity index (χ4n) is 4.53. The van der Waals surface area contributed by atoms with E-state index in [4.69, 9.17) is 0 Å². The Bertz CT molecular complexity index is 310. The summed E-state index contributed by atoms with van der Waals surface area (Å²) in [5.41, 5.74) is 1.24. The van der Waals surface area contributed by atoms with Gasteiger partial charge in [0, 0.05) is 19.1 Å². The van der Waals surface area contributed by atoms with Gasteiger partial charge in [-0.15, -0.1) is 0 Å². The molecule has 2 aliphatic rings. The quantitative estimate of drug-likeness (QED) is 0.742. The summed E-state index contributed by atoms with van der Waals surface area (Å²) in [6, 6.07) is 0. The Morgan fingerprint density at radius 1 is 1.35 bits per heavy atom. The van der Waals surface area contributed by atoms with Gasteiger partial charge in [0.1, 0.15) is 0 Å². The minimum absolute atomic E-state index is 0.0538. The number of hydrogen-bond acceptors (Lipinski definition) is 2. The monoisotopic (exact) mass is 238 g/mol. The van der Waals surface area contributed by atoms with E-state index in [0.29, 0.717) is 23.7 Å². The van der Waals surface area contributed by atoms with Crippen LogP contribution in [0.5, 0.6) is 0 Å². The Hall–Kier alpha value is -0.340. The second kappa shape index (κ2) is 4.40. The van der Waals surface area contributed by atoms with Crippen LogP contribution in [-0.2, 0) is 0 Å². The topological polar surface area (TPSA) is 40.5 Å². The highest BCUT2D eigenvalue weighted by Crippen LogP contribution is 2.63. The first-order chi connectivity index (χ1) is 7.97. The van der Waals surface area contributed by atoms with Crippen LogP contribution in [-0.4, -0.2) is 23.4 Å². The molecule has 2 aliphatic carbocycles. The van der Waals surface area contributed by atoms with E-state index < -0.39 is 0 Å². The number of fused-ring (bicyclic) bond motifs is 2. The van der Waals surface area contributed by atoms with Gasteiger partial charge in [0.2, 0.25) is 0 Å². The molecule has 0 aromatic rings. The van der Waals surface area contributed by atoms with Crippen molar-refractivity contribution >= 4 is 0 Å². The summed E-state index contributed by atoms with van der Waals surface area (Å²) in [5.74, 6) is 2.17. The maximum absolute atomic E-state index is 9.74. The molecule has 98 valence electrons. The lowest BCUT2D eigenvalue weighted by molar-refractivity contribution is 0.00870. The van der Waals surface area contributed by atoms with Crippen LogP contribution in [0.25, 0.3) is 0 Å². The molecule has 2 bridgehead atoms. The van der Waals surface area contributed by atoms with Crippen molar-refractivity contribution < 1.29 is 10.2 Å². The summed E-state index contributed by atoms with van der Waals surface area (Å²) < 4.78 is 0. The minimum Gasteiger partial charge on any atom is -0.396 e. The van der Waals surface area contributed by atoms with Gasteiger partial charge in [-0.3, -0.25) is 0 Å². The number of hydrogen-bond donors (Lipinski definition) is 2. The Kier molecular flexibility index (Phi) is 3.39. The van der Waals surface area contributed by atoms with Gasteiger partial charge in [0.05, 0.1) is 0 Å². The van der Waals surface area contributed by atoms with Crippen molar-refractivity contribution in [3.63, 3.8) is 0 Å². The first-order valence-corrected chi connectivity index (χ1v) is 6.88. The number of aliphatic hydroxyl groups excluding tert-OH is 2. The van der Waals surface area contributed by atoms with E-state index in [1.807, 2.05) is 0 Å². The summed E-state index contributed by atoms with van der Waals surface area (Å²) in [5, 5.41) is 19.4. The third-order valence-corrected chi connectivity index (χ3v) is 5.67. The molecule has 2 heteroatoms. The highest BCUT2D eigenvalue weighted by molar-refractivity contribution is 5.26. The summed E-state index contributed by atoms with van der Waals surface area (Å²) in [4.78, 5) is 0. The molecule has 5 atom stereocenters. The zero-order chi connectivity index (χ0) is 12.8. The van der Waals surface area contributed by atoms with Crippen molar-refractivity contribution in [1.82, 2.24) is 0 Å². The van der Waals surface area contributed by atoms with Gasteiger partial charge in [-0.1, -0.05) is 32.9 Å². The first kappa shape index (κ1) is 13.1. The van der Waals surface area contributed by atoms with Gasteiger partial charge in [0.25, 0.3) is 0 Å². The lowest BCUT2D eigenvalue weighted by Crippen LogP contribution is -2.40. The van der Waals surface area contributed by atoms with Crippen molar-refractivity contribution in [2.45, 2.75) is 33.6 Å². The highest BCUT2D eigenvalue weighted by Gasteiger charge is 2.58. The molecule has 0 spiro atoms. The summed E-state index contributed by atoms with van der Waals surface area (Å²) in [7, 11) is 0. The fourth-order valence-corrected chi connectivity index (χ4v) is 4.53. The fraction of sp³-hybridized carbons (Fsp3) is 0.867. The predicted octanol–water partition coefficient (Wildman–Crippen LogP) is 2.46. The highest BCUT2D eigenvalue weighted by atomic mass is 16.3. The van der Waals surface area contributed by atoms with E-state index in [1.54, 1.807) is 0 Å². The molecule has 0 unspecified atom stereocenters. The first-order valence-electron chi connectivity index (χ1n) is 6.88. The maximum Gasteiger partial charge on any atom is 0.0499 e. The molecule has 0 radical (unpaired) electrons. The molecule has 2 rings (SSSR count). The molecule has 0 saturated heterocycles. The SMILES string of the molecule is C=C1[C@H](CO)[C@@H]2[C@@H](C(C)C)CC[C@]1(C)[C@@H]2CO. The second-order valence-corrected chi connectivity index (χ2v) is 6.54. The normalized spacial score (nSPS) is 45.6. The predicted molar refractivity (Wildman–Crippen MR) is 69.5 cm³/mol. The number of rotatable bonds is 3. The van der Waals surface area contributed by atoms with E-state index >= 15 is 0 Å². The minimum atomic E-state index is 0.0538. The lowest BCUT2D eigenvalue weighted by Gasteiger charge is -2.43. The Morgan fingerprint density at radius 2 is 2.00 bits per heavy atom. The molecule has 0 heterocycles. The second-order valence-electron chi connectivity index (χ2n) is 6.54. The lowest BCUT2D eigenvalue weighted by atomic mass is 9.61. The Morgan fingerprint density at radius 3 is 2.47 bits per heavy atom. The zero-order valence-electron chi connectivity index (χ0n) is 11.3. The third-order valence-electron chi connectivity index (χ3n) is 5.67. The van der Waals surface area contributed by atoms with Crippen molar-refractivity contribution in [3.05, 3.63) is 12.2 Å². The van der Waals surface area contributed by atoms with Crippen molar-refractivity contribution in [2.24, 2.45) is 35.0 Å². The van der Waals surface area contributed by atoms with Crippen LogP contribution in [0.4, 0.5) is 0 Å². The van der Waals surface area contributed by atoms with Crippen LogP contribution in [0, 0.1) is 35.0 Å².